The van der Waals surface area contributed by atoms with E-state index in [0.29, 0.717) is 17.2 Å². The molecular weight excluding hydrogens is 548 g/mol. The normalized spacial score (nSPS) is 19.3. The van der Waals surface area contributed by atoms with Crippen LogP contribution >= 0.6 is 0 Å². The smallest absolute Gasteiger partial charge is 0.475 e. The Balaban J connectivity index is 0.000000333. The monoisotopic (exact) mass is 581 g/mol. The van der Waals surface area contributed by atoms with Gasteiger partial charge in [0.1, 0.15) is 0 Å². The number of hydrogen-bond donors (Lipinski definition) is 2. The van der Waals surface area contributed by atoms with E-state index in [4.69, 9.17) is 19.8 Å². The first-order valence-corrected chi connectivity index (χ1v) is 12.8. The van der Waals surface area contributed by atoms with Crippen molar-refractivity contribution in [2.45, 2.75) is 63.8 Å². The third kappa shape index (κ3) is 11.1. The van der Waals surface area contributed by atoms with Crippen molar-refractivity contribution in [3.8, 4) is 0 Å². The van der Waals surface area contributed by atoms with Crippen molar-refractivity contribution in [2.24, 2.45) is 11.3 Å². The highest BCUT2D eigenvalue weighted by molar-refractivity contribution is 5.77. The number of carbonyl (C=O) groups is 3. The van der Waals surface area contributed by atoms with Gasteiger partial charge in [-0.2, -0.15) is 26.3 Å². The fourth-order valence-corrected chi connectivity index (χ4v) is 4.99. The highest BCUT2D eigenvalue weighted by Gasteiger charge is 2.40. The van der Waals surface area contributed by atoms with Crippen molar-refractivity contribution in [1.82, 2.24) is 14.8 Å². The SMILES string of the molecule is O=C(CC1CCC2(CC1)CCN(Cc1cccnc1)CC2)N1CC=CC1.O=C(O)C(F)(F)F.O=C(O)C(F)(F)F. The average Bonchev–Trinajstić information content (AvgIpc) is 3.43. The molecule has 0 aromatic carbocycles. The second-order valence-corrected chi connectivity index (χ2v) is 10.2. The molecule has 1 saturated carbocycles. The van der Waals surface area contributed by atoms with Gasteiger partial charge in [0.25, 0.3) is 0 Å². The van der Waals surface area contributed by atoms with E-state index in [1.165, 1.54) is 57.2 Å². The molecular formula is C26H33F6N3O5. The third-order valence-corrected chi connectivity index (χ3v) is 7.33. The van der Waals surface area contributed by atoms with Crippen molar-refractivity contribution in [1.29, 1.82) is 0 Å². The van der Waals surface area contributed by atoms with E-state index in [-0.39, 0.29) is 0 Å². The maximum Gasteiger partial charge on any atom is 0.490 e. The van der Waals surface area contributed by atoms with Crippen LogP contribution in [0.3, 0.4) is 0 Å². The second kappa shape index (κ2) is 14.5. The van der Waals surface area contributed by atoms with Gasteiger partial charge in [-0.3, -0.25) is 14.7 Å². The van der Waals surface area contributed by atoms with Gasteiger partial charge in [-0.05, 0) is 74.6 Å². The van der Waals surface area contributed by atoms with Crippen LogP contribution in [0.25, 0.3) is 0 Å². The van der Waals surface area contributed by atoms with Crippen LogP contribution < -0.4 is 0 Å². The van der Waals surface area contributed by atoms with Crippen molar-refractivity contribution < 1.29 is 50.9 Å². The van der Waals surface area contributed by atoms with Crippen LogP contribution in [0, 0.1) is 11.3 Å². The summed E-state index contributed by atoms with van der Waals surface area (Å²) < 4.78 is 63.5. The minimum Gasteiger partial charge on any atom is -0.475 e. The number of rotatable bonds is 4. The molecule has 2 fully saturated rings. The quantitative estimate of drug-likeness (QED) is 0.384. The molecule has 2 aliphatic heterocycles. The van der Waals surface area contributed by atoms with Gasteiger partial charge >= 0.3 is 24.3 Å². The molecule has 8 nitrogen and oxygen atoms in total. The average molecular weight is 582 g/mol. The van der Waals surface area contributed by atoms with Gasteiger partial charge in [0, 0.05) is 38.4 Å². The predicted molar refractivity (Wildman–Crippen MR) is 131 cm³/mol. The summed E-state index contributed by atoms with van der Waals surface area (Å²) in [6.45, 7) is 5.09. The fraction of sp³-hybridized carbons (Fsp3) is 0.615. The molecule has 1 spiro atoms. The van der Waals surface area contributed by atoms with E-state index >= 15 is 0 Å². The number of alkyl halides is 6. The lowest BCUT2D eigenvalue weighted by Crippen LogP contribution is -2.42. The van der Waals surface area contributed by atoms with Gasteiger partial charge in [0.15, 0.2) is 0 Å². The first kappa shape index (κ1) is 33.0. The van der Waals surface area contributed by atoms with Crippen LogP contribution in [-0.2, 0) is 20.9 Å². The molecule has 14 heteroatoms. The number of aliphatic carboxylic acids is 2. The highest BCUT2D eigenvalue weighted by Crippen LogP contribution is 2.47. The number of pyridine rings is 1. The summed E-state index contributed by atoms with van der Waals surface area (Å²) in [5.41, 5.74) is 1.88. The number of carbonyl (C=O) groups excluding carboxylic acids is 1. The zero-order valence-corrected chi connectivity index (χ0v) is 21.8. The number of aromatic nitrogens is 1. The van der Waals surface area contributed by atoms with Crippen LogP contribution in [0.1, 0.15) is 50.5 Å². The van der Waals surface area contributed by atoms with Crippen LogP contribution in [0.5, 0.6) is 0 Å². The summed E-state index contributed by atoms with van der Waals surface area (Å²) in [5, 5.41) is 14.2. The number of halogens is 6. The molecule has 1 aromatic heterocycles. The lowest BCUT2D eigenvalue weighted by Gasteiger charge is -2.46. The Morgan fingerprint density at radius 1 is 0.900 bits per heavy atom. The van der Waals surface area contributed by atoms with E-state index in [0.717, 1.165) is 26.1 Å². The Labute approximate surface area is 227 Å². The molecule has 1 aliphatic carbocycles. The minimum absolute atomic E-state index is 0.363. The summed E-state index contributed by atoms with van der Waals surface area (Å²) in [7, 11) is 0. The van der Waals surface area contributed by atoms with Crippen molar-refractivity contribution in [3.05, 3.63) is 42.2 Å². The van der Waals surface area contributed by atoms with Crippen LogP contribution in [0.4, 0.5) is 26.3 Å². The summed E-state index contributed by atoms with van der Waals surface area (Å²) in [4.78, 5) is 39.0. The van der Waals surface area contributed by atoms with Gasteiger partial charge in [-0.1, -0.05) is 18.2 Å². The molecule has 1 saturated heterocycles. The van der Waals surface area contributed by atoms with E-state index in [1.54, 1.807) is 0 Å². The van der Waals surface area contributed by atoms with Gasteiger partial charge in [0.05, 0.1) is 0 Å². The first-order valence-electron chi connectivity index (χ1n) is 12.8. The zero-order valence-electron chi connectivity index (χ0n) is 21.8. The topological polar surface area (TPSA) is 111 Å². The Kier molecular flexibility index (Phi) is 12.0. The maximum absolute atomic E-state index is 12.4. The fourth-order valence-electron chi connectivity index (χ4n) is 4.99. The molecule has 0 unspecified atom stereocenters. The molecule has 224 valence electrons. The summed E-state index contributed by atoms with van der Waals surface area (Å²) in [5.74, 6) is -4.54. The Hall–Kier alpha value is -3.16. The lowest BCUT2D eigenvalue weighted by molar-refractivity contribution is -0.193. The second-order valence-electron chi connectivity index (χ2n) is 10.2. The minimum atomic E-state index is -5.08. The van der Waals surface area contributed by atoms with Crippen LogP contribution in [0.15, 0.2) is 36.7 Å². The largest absolute Gasteiger partial charge is 0.490 e. The standard InChI is InChI=1S/C22H31N3O.2C2HF3O2/c26-21(25-12-1-2-13-25)16-19-5-7-22(8-6-19)9-14-24(15-10-22)18-20-4-3-11-23-17-20;2*3-2(4,5)1(6)7/h1-4,11,17,19H,5-10,12-16,18H2;2*(H,6,7). The molecule has 0 radical (unpaired) electrons. The van der Waals surface area contributed by atoms with Gasteiger partial charge in [-0.25, -0.2) is 9.59 Å². The number of amides is 1. The molecule has 3 heterocycles. The zero-order chi connectivity index (χ0) is 30.0. The maximum atomic E-state index is 12.4. The van der Waals surface area contributed by atoms with Crippen molar-refractivity contribution in [3.63, 3.8) is 0 Å². The van der Waals surface area contributed by atoms with Gasteiger partial charge in [0.2, 0.25) is 5.91 Å². The van der Waals surface area contributed by atoms with E-state index < -0.39 is 24.3 Å². The highest BCUT2D eigenvalue weighted by atomic mass is 19.4. The van der Waals surface area contributed by atoms with Crippen LogP contribution in [0.2, 0.25) is 0 Å². The Bertz CT molecular complexity index is 966. The van der Waals surface area contributed by atoms with E-state index in [2.05, 4.69) is 28.1 Å². The van der Waals surface area contributed by atoms with E-state index in [9.17, 15) is 31.1 Å². The number of carboxylic acid groups (broad SMARTS) is 2. The van der Waals surface area contributed by atoms with Gasteiger partial charge < -0.3 is 15.1 Å². The molecule has 0 bridgehead atoms. The number of hydrogen-bond acceptors (Lipinski definition) is 5. The summed E-state index contributed by atoms with van der Waals surface area (Å²) in [6, 6.07) is 4.21. The molecule has 40 heavy (non-hydrogen) atoms. The number of piperidine rings is 1. The molecule has 1 aromatic rings. The van der Waals surface area contributed by atoms with E-state index in [1.807, 2.05) is 23.4 Å². The van der Waals surface area contributed by atoms with Crippen molar-refractivity contribution in [2.75, 3.05) is 26.2 Å². The molecule has 4 rings (SSSR count). The molecule has 1 amide bonds. The summed E-state index contributed by atoms with van der Waals surface area (Å²) in [6.07, 6.45) is 6.43. The first-order chi connectivity index (χ1) is 18.6. The summed E-state index contributed by atoms with van der Waals surface area (Å²) >= 11 is 0. The van der Waals surface area contributed by atoms with Gasteiger partial charge in [-0.15, -0.1) is 0 Å². The Morgan fingerprint density at radius 2 is 1.40 bits per heavy atom. The number of carboxylic acids is 2. The lowest BCUT2D eigenvalue weighted by atomic mass is 9.65. The molecule has 3 aliphatic rings. The Morgan fingerprint density at radius 3 is 1.82 bits per heavy atom. The predicted octanol–water partition coefficient (Wildman–Crippen LogP) is 4.91. The number of nitrogens with zero attached hydrogens (tertiary/aromatic N) is 3. The third-order valence-electron chi connectivity index (χ3n) is 7.33. The van der Waals surface area contributed by atoms with Crippen molar-refractivity contribution >= 4 is 17.8 Å². The molecule has 0 atom stereocenters. The van der Waals surface area contributed by atoms with Crippen LogP contribution in [-0.4, -0.2) is 81.4 Å². The number of likely N-dealkylation sites (tertiary alicyclic amines) is 1. The molecule has 2 N–H and O–H groups in total.